The summed E-state index contributed by atoms with van der Waals surface area (Å²) in [5, 5.41) is 2.85. The number of nitrogens with one attached hydrogen (secondary N) is 1. The molecule has 5 rings (SSSR count). The molecule has 1 aliphatic heterocycles. The molecule has 0 bridgehead atoms. The molecule has 1 aliphatic carbocycles. The standard InChI is InChI=1S/C29H35N5O4/c1-17-6-5-7-18(2)27(17)34(21-10-8-20(9-11-21)31-28(30)35)26-16-23-22-15-25(38-4)24(37-3)14-19(22)12-13-33(23)29(36)32-26/h5-7,14-16,20-21H,8-13H2,1-4H3,(H3,30,31,35). The number of fused-ring (bicyclic) bond motifs is 3. The second kappa shape index (κ2) is 10.4. The van der Waals surface area contributed by atoms with Gasteiger partial charge in [0.2, 0.25) is 0 Å². The van der Waals surface area contributed by atoms with Gasteiger partial charge >= 0.3 is 11.7 Å². The molecule has 2 aromatic carbocycles. The van der Waals surface area contributed by atoms with Crippen molar-refractivity contribution in [2.45, 2.75) is 64.6 Å². The summed E-state index contributed by atoms with van der Waals surface area (Å²) in [7, 11) is 3.24. The fourth-order valence-electron chi connectivity index (χ4n) is 6.00. The number of benzene rings is 2. The summed E-state index contributed by atoms with van der Waals surface area (Å²) in [6.07, 6.45) is 3.99. The zero-order valence-corrected chi connectivity index (χ0v) is 22.4. The van der Waals surface area contributed by atoms with E-state index in [1.54, 1.807) is 18.8 Å². The Balaban J connectivity index is 1.63. The molecule has 2 amide bonds. The Morgan fingerprint density at radius 1 is 1.05 bits per heavy atom. The zero-order chi connectivity index (χ0) is 27.0. The molecule has 1 aromatic heterocycles. The molecular weight excluding hydrogens is 482 g/mol. The number of primary amides is 1. The molecule has 1 saturated carbocycles. The van der Waals surface area contributed by atoms with E-state index in [0.717, 1.165) is 59.3 Å². The van der Waals surface area contributed by atoms with E-state index in [1.165, 1.54) is 0 Å². The van der Waals surface area contributed by atoms with Crippen LogP contribution in [0.25, 0.3) is 11.3 Å². The number of nitrogens with zero attached hydrogens (tertiary/aromatic N) is 3. The molecule has 0 saturated heterocycles. The van der Waals surface area contributed by atoms with Gasteiger partial charge < -0.3 is 25.4 Å². The number of carbonyl (C=O) groups is 1. The maximum absolute atomic E-state index is 13.4. The Morgan fingerprint density at radius 2 is 1.71 bits per heavy atom. The molecule has 0 atom stereocenters. The van der Waals surface area contributed by atoms with E-state index in [0.29, 0.717) is 30.3 Å². The number of para-hydroxylation sites is 1. The lowest BCUT2D eigenvalue weighted by Gasteiger charge is -2.39. The molecule has 0 unspecified atom stereocenters. The van der Waals surface area contributed by atoms with Gasteiger partial charge in [0.05, 0.1) is 19.9 Å². The SMILES string of the molecule is COc1cc2c(cc1OC)-c1cc(N(c3c(C)cccc3C)C3CCC(NC(N)=O)CC3)nc(=O)n1CC2. The first-order valence-corrected chi connectivity index (χ1v) is 13.1. The number of methoxy groups -OCH3 is 2. The lowest BCUT2D eigenvalue weighted by Crippen LogP contribution is -2.45. The van der Waals surface area contributed by atoms with Crippen molar-refractivity contribution < 1.29 is 14.3 Å². The van der Waals surface area contributed by atoms with Gasteiger partial charge in [-0.15, -0.1) is 0 Å². The third-order valence-corrected chi connectivity index (χ3v) is 7.82. The van der Waals surface area contributed by atoms with Crippen LogP contribution >= 0.6 is 0 Å². The maximum atomic E-state index is 13.4. The van der Waals surface area contributed by atoms with E-state index in [9.17, 15) is 9.59 Å². The van der Waals surface area contributed by atoms with E-state index in [-0.39, 0.29) is 17.8 Å². The topological polar surface area (TPSA) is 112 Å². The average Bonchev–Trinajstić information content (AvgIpc) is 2.90. The minimum atomic E-state index is -0.491. The van der Waals surface area contributed by atoms with Crippen LogP contribution in [0.3, 0.4) is 0 Å². The fraction of sp³-hybridized carbons (Fsp3) is 0.414. The lowest BCUT2D eigenvalue weighted by molar-refractivity contribution is 0.239. The molecule has 3 N–H and O–H groups in total. The maximum Gasteiger partial charge on any atom is 0.350 e. The highest BCUT2D eigenvalue weighted by Gasteiger charge is 2.31. The second-order valence-electron chi connectivity index (χ2n) is 10.2. The first-order chi connectivity index (χ1) is 18.3. The summed E-state index contributed by atoms with van der Waals surface area (Å²) in [6, 6.07) is 11.9. The van der Waals surface area contributed by atoms with Crippen LogP contribution in [0.1, 0.15) is 42.4 Å². The van der Waals surface area contributed by atoms with Crippen LogP contribution in [0, 0.1) is 13.8 Å². The minimum Gasteiger partial charge on any atom is -0.493 e. The van der Waals surface area contributed by atoms with Crippen molar-refractivity contribution in [2.75, 3.05) is 19.1 Å². The van der Waals surface area contributed by atoms with Crippen molar-refractivity contribution in [3.05, 3.63) is 63.6 Å². The number of hydrogen-bond donors (Lipinski definition) is 2. The summed E-state index contributed by atoms with van der Waals surface area (Å²) in [6.45, 7) is 4.73. The van der Waals surface area contributed by atoms with Crippen molar-refractivity contribution in [3.8, 4) is 22.8 Å². The van der Waals surface area contributed by atoms with Crippen LogP contribution in [-0.2, 0) is 13.0 Å². The Hall–Kier alpha value is -4.01. The molecule has 0 radical (unpaired) electrons. The summed E-state index contributed by atoms with van der Waals surface area (Å²) in [4.78, 5) is 31.7. The number of ether oxygens (including phenoxy) is 2. The van der Waals surface area contributed by atoms with Gasteiger partial charge in [-0.05, 0) is 74.8 Å². The smallest absolute Gasteiger partial charge is 0.350 e. The number of carbonyl (C=O) groups excluding carboxylic acids is 1. The summed E-state index contributed by atoms with van der Waals surface area (Å²) in [5.74, 6) is 1.93. The van der Waals surface area contributed by atoms with Crippen molar-refractivity contribution in [1.82, 2.24) is 14.9 Å². The number of aromatic nitrogens is 2. The van der Waals surface area contributed by atoms with Gasteiger partial charge in [-0.2, -0.15) is 4.98 Å². The minimum absolute atomic E-state index is 0.0556. The number of amides is 2. The van der Waals surface area contributed by atoms with Crippen LogP contribution < -0.4 is 31.1 Å². The van der Waals surface area contributed by atoms with Gasteiger partial charge in [-0.3, -0.25) is 4.57 Å². The quantitative estimate of drug-likeness (QED) is 0.507. The fourth-order valence-corrected chi connectivity index (χ4v) is 6.00. The molecule has 1 fully saturated rings. The first kappa shape index (κ1) is 25.6. The number of rotatable bonds is 6. The Kier molecular flexibility index (Phi) is 7.01. The first-order valence-electron chi connectivity index (χ1n) is 13.1. The largest absolute Gasteiger partial charge is 0.493 e. The monoisotopic (exact) mass is 517 g/mol. The summed E-state index contributed by atoms with van der Waals surface area (Å²) in [5.41, 5.74) is 11.3. The van der Waals surface area contributed by atoms with Crippen molar-refractivity contribution in [1.29, 1.82) is 0 Å². The van der Waals surface area contributed by atoms with Crippen LogP contribution in [-0.4, -0.2) is 41.9 Å². The molecule has 38 heavy (non-hydrogen) atoms. The Labute approximate surface area is 222 Å². The molecule has 0 spiro atoms. The molecule has 2 aliphatic rings. The van der Waals surface area contributed by atoms with Crippen LogP contribution in [0.15, 0.2) is 41.2 Å². The van der Waals surface area contributed by atoms with E-state index in [1.807, 2.05) is 24.3 Å². The molecule has 3 aromatic rings. The van der Waals surface area contributed by atoms with E-state index >= 15 is 0 Å². The third kappa shape index (κ3) is 4.68. The van der Waals surface area contributed by atoms with Gasteiger partial charge in [-0.25, -0.2) is 9.59 Å². The van der Waals surface area contributed by atoms with Crippen LogP contribution in [0.5, 0.6) is 11.5 Å². The number of urea groups is 1. The van der Waals surface area contributed by atoms with E-state index < -0.39 is 6.03 Å². The van der Waals surface area contributed by atoms with E-state index in [2.05, 4.69) is 41.2 Å². The molecule has 200 valence electrons. The molecule has 9 nitrogen and oxygen atoms in total. The van der Waals surface area contributed by atoms with Crippen LogP contribution in [0.4, 0.5) is 16.3 Å². The number of hydrogen-bond acceptors (Lipinski definition) is 6. The Bertz CT molecular complexity index is 1400. The van der Waals surface area contributed by atoms with Gasteiger partial charge in [-0.1, -0.05) is 18.2 Å². The van der Waals surface area contributed by atoms with Gasteiger partial charge in [0.1, 0.15) is 5.82 Å². The zero-order valence-electron chi connectivity index (χ0n) is 22.4. The van der Waals surface area contributed by atoms with Gasteiger partial charge in [0, 0.05) is 35.9 Å². The normalized spacial score (nSPS) is 18.2. The molecule has 9 heteroatoms. The second-order valence-corrected chi connectivity index (χ2v) is 10.2. The predicted molar refractivity (Wildman–Crippen MR) is 148 cm³/mol. The van der Waals surface area contributed by atoms with Crippen LogP contribution in [0.2, 0.25) is 0 Å². The molecule has 2 heterocycles. The Morgan fingerprint density at radius 3 is 2.34 bits per heavy atom. The highest BCUT2D eigenvalue weighted by Crippen LogP contribution is 2.41. The lowest BCUT2D eigenvalue weighted by atomic mass is 9.89. The van der Waals surface area contributed by atoms with Gasteiger partial charge in [0.15, 0.2) is 11.5 Å². The number of anilines is 2. The van der Waals surface area contributed by atoms with E-state index in [4.69, 9.17) is 15.2 Å². The van der Waals surface area contributed by atoms with Crippen molar-refractivity contribution in [3.63, 3.8) is 0 Å². The van der Waals surface area contributed by atoms with Crippen molar-refractivity contribution >= 4 is 17.5 Å². The average molecular weight is 518 g/mol. The summed E-state index contributed by atoms with van der Waals surface area (Å²) < 4.78 is 12.8. The number of aryl methyl sites for hydroxylation is 3. The van der Waals surface area contributed by atoms with Crippen molar-refractivity contribution in [2.24, 2.45) is 5.73 Å². The summed E-state index contributed by atoms with van der Waals surface area (Å²) >= 11 is 0. The predicted octanol–water partition coefficient (Wildman–Crippen LogP) is 4.22. The number of nitrogens with two attached hydrogens (primary N) is 1. The highest BCUT2D eigenvalue weighted by molar-refractivity contribution is 5.75. The molecular formula is C29H35N5O4. The van der Waals surface area contributed by atoms with Gasteiger partial charge in [0.25, 0.3) is 0 Å². The highest BCUT2D eigenvalue weighted by atomic mass is 16.5. The third-order valence-electron chi connectivity index (χ3n) is 7.82.